The Morgan fingerprint density at radius 1 is 1.48 bits per heavy atom. The fourth-order valence-corrected chi connectivity index (χ4v) is 2.79. The minimum atomic E-state index is -0.169. The number of nitrogens with zero attached hydrogens (tertiary/aromatic N) is 3. The van der Waals surface area contributed by atoms with Gasteiger partial charge in [-0.2, -0.15) is 0 Å². The summed E-state index contributed by atoms with van der Waals surface area (Å²) in [7, 11) is 0. The molecule has 0 amide bonds. The lowest BCUT2D eigenvalue weighted by atomic mass is 10.2. The van der Waals surface area contributed by atoms with Crippen molar-refractivity contribution in [3.05, 3.63) is 34.4 Å². The maximum atomic E-state index is 11.7. The van der Waals surface area contributed by atoms with Gasteiger partial charge in [0.15, 0.2) is 5.16 Å². The summed E-state index contributed by atoms with van der Waals surface area (Å²) in [4.78, 5) is 16.1. The van der Waals surface area contributed by atoms with Crippen LogP contribution in [0.3, 0.4) is 0 Å². The molecule has 0 spiro atoms. The molecule has 2 aromatic rings. The first kappa shape index (κ1) is 15.8. The van der Waals surface area contributed by atoms with Crippen LogP contribution in [0.25, 0.3) is 0 Å². The Morgan fingerprint density at radius 2 is 2.29 bits per heavy atom. The first-order chi connectivity index (χ1) is 10.1. The van der Waals surface area contributed by atoms with Gasteiger partial charge in [0.2, 0.25) is 0 Å². The standard InChI is InChI=1S/C14H21N5OS/c1-4-8-19-13(20)17-18-14(19)21-12-11(6-5-7-15-12)9-16-10(2)3/h5-7,10,16H,4,8-9H2,1-3H3,(H,17,20). The third kappa shape index (κ3) is 4.18. The zero-order valence-electron chi connectivity index (χ0n) is 12.6. The predicted molar refractivity (Wildman–Crippen MR) is 83.5 cm³/mol. The van der Waals surface area contributed by atoms with Gasteiger partial charge in [0.25, 0.3) is 0 Å². The summed E-state index contributed by atoms with van der Waals surface area (Å²) in [6, 6.07) is 4.37. The Labute approximate surface area is 128 Å². The van der Waals surface area contributed by atoms with E-state index in [0.29, 0.717) is 17.7 Å². The lowest BCUT2D eigenvalue weighted by Crippen LogP contribution is -2.22. The van der Waals surface area contributed by atoms with Crippen molar-refractivity contribution in [2.45, 2.75) is 56.5 Å². The quantitative estimate of drug-likeness (QED) is 0.818. The molecule has 0 fully saturated rings. The van der Waals surface area contributed by atoms with E-state index >= 15 is 0 Å². The third-order valence-electron chi connectivity index (χ3n) is 2.91. The maximum Gasteiger partial charge on any atom is 0.343 e. The van der Waals surface area contributed by atoms with E-state index in [1.54, 1.807) is 10.8 Å². The molecule has 2 N–H and O–H groups in total. The molecular weight excluding hydrogens is 286 g/mol. The number of aromatic amines is 1. The molecule has 2 rings (SSSR count). The normalized spacial score (nSPS) is 11.2. The number of nitrogens with one attached hydrogen (secondary N) is 2. The zero-order chi connectivity index (χ0) is 15.2. The van der Waals surface area contributed by atoms with E-state index in [0.717, 1.165) is 23.6 Å². The molecule has 114 valence electrons. The van der Waals surface area contributed by atoms with Crippen molar-refractivity contribution in [3.8, 4) is 0 Å². The highest BCUT2D eigenvalue weighted by molar-refractivity contribution is 7.99. The molecule has 0 aliphatic heterocycles. The average Bonchev–Trinajstić information content (AvgIpc) is 2.80. The lowest BCUT2D eigenvalue weighted by Gasteiger charge is -2.11. The molecule has 0 saturated carbocycles. The number of aromatic nitrogens is 4. The molecule has 0 saturated heterocycles. The van der Waals surface area contributed by atoms with Gasteiger partial charge in [-0.25, -0.2) is 14.9 Å². The van der Waals surface area contributed by atoms with Crippen LogP contribution in [0, 0.1) is 0 Å². The molecule has 0 radical (unpaired) electrons. The Balaban J connectivity index is 2.21. The number of hydrogen-bond donors (Lipinski definition) is 2. The molecule has 6 nitrogen and oxygen atoms in total. The molecule has 7 heteroatoms. The molecule has 0 aliphatic rings. The largest absolute Gasteiger partial charge is 0.343 e. The third-order valence-corrected chi connectivity index (χ3v) is 3.96. The second-order valence-corrected chi connectivity index (χ2v) is 6.02. The highest BCUT2D eigenvalue weighted by Gasteiger charge is 2.12. The Bertz CT molecular complexity index is 634. The zero-order valence-corrected chi connectivity index (χ0v) is 13.4. The van der Waals surface area contributed by atoms with Crippen LogP contribution >= 0.6 is 11.8 Å². The van der Waals surface area contributed by atoms with Crippen molar-refractivity contribution < 1.29 is 0 Å². The summed E-state index contributed by atoms with van der Waals surface area (Å²) in [6.45, 7) is 7.65. The van der Waals surface area contributed by atoms with Gasteiger partial charge in [0, 0.05) is 25.3 Å². The summed E-state index contributed by atoms with van der Waals surface area (Å²) in [5.41, 5.74) is 0.937. The maximum absolute atomic E-state index is 11.7. The van der Waals surface area contributed by atoms with Crippen LogP contribution in [-0.4, -0.2) is 25.8 Å². The molecule has 21 heavy (non-hydrogen) atoms. The molecule has 2 aromatic heterocycles. The second kappa shape index (κ2) is 7.42. The molecule has 0 unspecified atom stereocenters. The van der Waals surface area contributed by atoms with E-state index in [1.807, 2.05) is 19.1 Å². The SMILES string of the molecule is CCCn1c(Sc2ncccc2CNC(C)C)n[nH]c1=O. The lowest BCUT2D eigenvalue weighted by molar-refractivity contribution is 0.581. The fraction of sp³-hybridized carbons (Fsp3) is 0.500. The summed E-state index contributed by atoms with van der Waals surface area (Å²) < 4.78 is 1.65. The summed E-state index contributed by atoms with van der Waals surface area (Å²) in [5.74, 6) is 0. The molecule has 0 atom stereocenters. The number of hydrogen-bond acceptors (Lipinski definition) is 5. The van der Waals surface area contributed by atoms with Crippen molar-refractivity contribution in [3.63, 3.8) is 0 Å². The molecule has 0 aliphatic carbocycles. The molecule has 0 bridgehead atoms. The van der Waals surface area contributed by atoms with Crippen LogP contribution < -0.4 is 11.0 Å². The van der Waals surface area contributed by atoms with Crippen LogP contribution in [0.1, 0.15) is 32.8 Å². The van der Waals surface area contributed by atoms with E-state index in [2.05, 4.69) is 34.3 Å². The first-order valence-electron chi connectivity index (χ1n) is 7.12. The first-order valence-corrected chi connectivity index (χ1v) is 7.93. The van der Waals surface area contributed by atoms with Gasteiger partial charge >= 0.3 is 5.69 Å². The van der Waals surface area contributed by atoms with Gasteiger partial charge in [-0.15, -0.1) is 5.10 Å². The number of H-pyrrole nitrogens is 1. The van der Waals surface area contributed by atoms with Crippen molar-refractivity contribution in [2.24, 2.45) is 0 Å². The van der Waals surface area contributed by atoms with Crippen LogP contribution in [0.15, 0.2) is 33.3 Å². The van der Waals surface area contributed by atoms with Crippen LogP contribution in [0.4, 0.5) is 0 Å². The summed E-state index contributed by atoms with van der Waals surface area (Å²) >= 11 is 1.42. The van der Waals surface area contributed by atoms with E-state index in [9.17, 15) is 4.79 Å². The smallest absolute Gasteiger partial charge is 0.310 e. The Morgan fingerprint density at radius 3 is 3.00 bits per heavy atom. The summed E-state index contributed by atoms with van der Waals surface area (Å²) in [5, 5.41) is 11.5. The molecule has 2 heterocycles. The van der Waals surface area contributed by atoms with Crippen LogP contribution in [-0.2, 0) is 13.1 Å². The minimum Gasteiger partial charge on any atom is -0.310 e. The monoisotopic (exact) mass is 307 g/mol. The van der Waals surface area contributed by atoms with E-state index in [1.165, 1.54) is 11.8 Å². The highest BCUT2D eigenvalue weighted by atomic mass is 32.2. The Hall–Kier alpha value is -1.60. The van der Waals surface area contributed by atoms with Crippen molar-refractivity contribution in [2.75, 3.05) is 0 Å². The van der Waals surface area contributed by atoms with Crippen molar-refractivity contribution in [1.82, 2.24) is 25.1 Å². The molecular formula is C14H21N5OS. The second-order valence-electron chi connectivity index (χ2n) is 5.07. The van der Waals surface area contributed by atoms with Gasteiger partial charge in [-0.05, 0) is 29.8 Å². The average molecular weight is 307 g/mol. The van der Waals surface area contributed by atoms with Gasteiger partial charge in [0.1, 0.15) is 5.03 Å². The van der Waals surface area contributed by atoms with Gasteiger partial charge < -0.3 is 5.32 Å². The Kier molecular flexibility index (Phi) is 5.58. The van der Waals surface area contributed by atoms with E-state index in [4.69, 9.17) is 0 Å². The minimum absolute atomic E-state index is 0.169. The fourth-order valence-electron chi connectivity index (χ4n) is 1.85. The van der Waals surface area contributed by atoms with Crippen molar-refractivity contribution in [1.29, 1.82) is 0 Å². The van der Waals surface area contributed by atoms with Crippen LogP contribution in [0.2, 0.25) is 0 Å². The van der Waals surface area contributed by atoms with Crippen molar-refractivity contribution >= 4 is 11.8 Å². The van der Waals surface area contributed by atoms with Gasteiger partial charge in [-0.3, -0.25) is 4.57 Å². The number of pyridine rings is 1. The topological polar surface area (TPSA) is 75.6 Å². The number of rotatable bonds is 7. The van der Waals surface area contributed by atoms with Gasteiger partial charge in [0.05, 0.1) is 0 Å². The van der Waals surface area contributed by atoms with E-state index in [-0.39, 0.29) is 5.69 Å². The predicted octanol–water partition coefficient (Wildman–Crippen LogP) is 2.03. The van der Waals surface area contributed by atoms with Gasteiger partial charge in [-0.1, -0.05) is 26.8 Å². The van der Waals surface area contributed by atoms with E-state index < -0.39 is 0 Å². The molecule has 0 aromatic carbocycles. The van der Waals surface area contributed by atoms with Crippen LogP contribution in [0.5, 0.6) is 0 Å². The highest BCUT2D eigenvalue weighted by Crippen LogP contribution is 2.26. The summed E-state index contributed by atoms with van der Waals surface area (Å²) in [6.07, 6.45) is 2.65.